The summed E-state index contributed by atoms with van der Waals surface area (Å²) in [4.78, 5) is 31.5. The van der Waals surface area contributed by atoms with Crippen LogP contribution in [0.25, 0.3) is 0 Å². The van der Waals surface area contributed by atoms with Gasteiger partial charge in [-0.3, -0.25) is 0 Å². The Kier molecular flexibility index (Phi) is 15.3. The Morgan fingerprint density at radius 3 is 1.83 bits per heavy atom. The van der Waals surface area contributed by atoms with Crippen LogP contribution in [0.4, 0.5) is 0 Å². The van der Waals surface area contributed by atoms with Crippen molar-refractivity contribution in [1.82, 2.24) is 9.80 Å². The number of amides is 2. The van der Waals surface area contributed by atoms with Crippen LogP contribution in [0.15, 0.2) is 36.4 Å². The molecule has 1 heterocycles. The van der Waals surface area contributed by atoms with Crippen molar-refractivity contribution in [3.63, 3.8) is 0 Å². The van der Waals surface area contributed by atoms with Crippen molar-refractivity contribution in [3.8, 4) is 0 Å². The number of aryl methyl sites for hydroxylation is 2. The zero-order valence-electron chi connectivity index (χ0n) is 24.7. The molecule has 42 heavy (non-hydrogen) atoms. The Bertz CT molecular complexity index is 1180. The van der Waals surface area contributed by atoms with E-state index in [1.165, 1.54) is 10.4 Å². The van der Waals surface area contributed by atoms with Gasteiger partial charge in [-0.05, 0) is 6.07 Å². The average molecular weight is 719 g/mol. The molecule has 0 spiro atoms. The molecule has 2 aromatic carbocycles. The number of rotatable bonds is 15. The van der Waals surface area contributed by atoms with E-state index in [0.717, 1.165) is 43.4 Å². The third-order valence-electron chi connectivity index (χ3n) is 7.77. The smallest absolute Gasteiger partial charge is 0.0827 e. The SMILES string of the molecule is CC(C)C[C@@H]1CN(C(=O)CCc2ccc(Cl)c(Cl)c2)[C@@H](CCCC[AsH]CCN)CN1C(=O)CCc1ccc(Cl)c(Cl)c1. The van der Waals surface area contributed by atoms with E-state index in [1.807, 2.05) is 24.3 Å². The first-order valence-electron chi connectivity index (χ1n) is 15.0. The van der Waals surface area contributed by atoms with Gasteiger partial charge in [0.05, 0.1) is 15.1 Å². The van der Waals surface area contributed by atoms with Gasteiger partial charge in [-0.1, -0.05) is 46.4 Å². The van der Waals surface area contributed by atoms with Gasteiger partial charge in [-0.25, -0.2) is 0 Å². The van der Waals surface area contributed by atoms with Crippen LogP contribution in [0.5, 0.6) is 0 Å². The van der Waals surface area contributed by atoms with E-state index >= 15 is 0 Å². The van der Waals surface area contributed by atoms with Crippen molar-refractivity contribution in [2.24, 2.45) is 11.7 Å². The van der Waals surface area contributed by atoms with E-state index in [2.05, 4.69) is 23.6 Å². The van der Waals surface area contributed by atoms with E-state index in [1.54, 1.807) is 12.1 Å². The fourth-order valence-electron chi connectivity index (χ4n) is 5.59. The van der Waals surface area contributed by atoms with E-state index < -0.39 is 0 Å². The van der Waals surface area contributed by atoms with E-state index in [0.29, 0.717) is 64.8 Å². The predicted octanol–water partition coefficient (Wildman–Crippen LogP) is 7.72. The van der Waals surface area contributed by atoms with Crippen molar-refractivity contribution in [3.05, 3.63) is 67.6 Å². The summed E-state index contributed by atoms with van der Waals surface area (Å²) in [5.74, 6) is 0.672. The second kappa shape index (κ2) is 18.1. The van der Waals surface area contributed by atoms with Gasteiger partial charge in [0.2, 0.25) is 0 Å². The van der Waals surface area contributed by atoms with Crippen molar-refractivity contribution < 1.29 is 9.59 Å². The zero-order chi connectivity index (χ0) is 30.6. The van der Waals surface area contributed by atoms with Gasteiger partial charge >= 0.3 is 212 Å². The van der Waals surface area contributed by atoms with E-state index in [-0.39, 0.29) is 39.7 Å². The molecule has 3 atom stereocenters. The Hall–Kier alpha value is -0.942. The summed E-state index contributed by atoms with van der Waals surface area (Å²) in [5, 5.41) is 4.46. The molecule has 1 fully saturated rings. The fraction of sp³-hybridized carbons (Fsp3) is 0.562. The quantitative estimate of drug-likeness (QED) is 0.152. The summed E-state index contributed by atoms with van der Waals surface area (Å²) in [6.45, 7) is 6.27. The van der Waals surface area contributed by atoms with Crippen molar-refractivity contribution in [1.29, 1.82) is 0 Å². The summed E-state index contributed by atoms with van der Waals surface area (Å²) >= 11 is 24.6. The number of hydrogen-bond donors (Lipinski definition) is 1. The number of unbranched alkanes of at least 4 members (excludes halogenated alkanes) is 1. The minimum absolute atomic E-state index is 0.00676. The van der Waals surface area contributed by atoms with E-state index in [4.69, 9.17) is 52.1 Å². The molecule has 232 valence electrons. The second-order valence-electron chi connectivity index (χ2n) is 11.6. The molecule has 0 radical (unpaired) electrons. The summed E-state index contributed by atoms with van der Waals surface area (Å²) < 4.78 is 0. The number of nitrogens with zero attached hydrogens (tertiary/aromatic N) is 2. The van der Waals surface area contributed by atoms with Crippen LogP contribution in [0.2, 0.25) is 30.5 Å². The van der Waals surface area contributed by atoms with Crippen molar-refractivity contribution in [2.75, 3.05) is 19.6 Å². The molecule has 0 bridgehead atoms. The van der Waals surface area contributed by atoms with Crippen molar-refractivity contribution >= 4 is 74.0 Å². The molecule has 1 aliphatic rings. The van der Waals surface area contributed by atoms with Crippen LogP contribution in [-0.2, 0) is 22.4 Å². The molecule has 0 aliphatic carbocycles. The molecular weight excluding hydrogens is 675 g/mol. The molecule has 1 saturated heterocycles. The van der Waals surface area contributed by atoms with Crippen LogP contribution < -0.4 is 5.73 Å². The van der Waals surface area contributed by atoms with Gasteiger partial charge in [-0.15, -0.1) is 0 Å². The van der Waals surface area contributed by atoms with Crippen LogP contribution in [-0.4, -0.2) is 69.1 Å². The first-order valence-corrected chi connectivity index (χ1v) is 19.4. The first kappa shape index (κ1) is 35.5. The van der Waals surface area contributed by atoms with Gasteiger partial charge in [0, 0.05) is 0 Å². The van der Waals surface area contributed by atoms with Crippen LogP contribution >= 0.6 is 46.4 Å². The number of halogens is 4. The maximum absolute atomic E-state index is 13.7. The number of hydrogen-bond acceptors (Lipinski definition) is 3. The minimum atomic E-state index is -0.00676. The molecular formula is C32H44AsCl4N3O2. The zero-order valence-corrected chi connectivity index (χ0v) is 29.8. The number of carbonyl (C=O) groups excluding carboxylic acids is 2. The Morgan fingerprint density at radius 1 is 0.810 bits per heavy atom. The molecule has 10 heteroatoms. The fourth-order valence-corrected chi connectivity index (χ4v) is 8.23. The molecule has 2 amide bonds. The molecule has 0 saturated carbocycles. The summed E-state index contributed by atoms with van der Waals surface area (Å²) in [5.41, 5.74) is 7.67. The molecule has 2 N–H and O–H groups in total. The van der Waals surface area contributed by atoms with Crippen LogP contribution in [0.3, 0.4) is 0 Å². The maximum atomic E-state index is 13.7. The van der Waals surface area contributed by atoms with Gasteiger partial charge in [0.25, 0.3) is 0 Å². The monoisotopic (exact) mass is 717 g/mol. The van der Waals surface area contributed by atoms with Gasteiger partial charge in [0.1, 0.15) is 0 Å². The summed E-state index contributed by atoms with van der Waals surface area (Å²) in [6.07, 6.45) is 5.96. The minimum Gasteiger partial charge on any atom is -0.0827 e. The van der Waals surface area contributed by atoms with Crippen LogP contribution in [0, 0.1) is 5.92 Å². The van der Waals surface area contributed by atoms with E-state index in [9.17, 15) is 9.59 Å². The van der Waals surface area contributed by atoms with Gasteiger partial charge in [0.15, 0.2) is 0 Å². The van der Waals surface area contributed by atoms with Crippen LogP contribution in [0.1, 0.15) is 63.5 Å². The first-order chi connectivity index (χ1) is 20.1. The standard InChI is InChI=1S/C32H44AsCl4N3O2/c1-22(2)17-26-21-39(31(41)12-8-23-6-10-27(34)29(36)18-23)25(5-3-4-14-33-15-16-38)20-40(26)32(42)13-9-24-7-11-28(35)30(37)19-24/h6-7,10-11,18-19,22,25-26,33H,3-5,8-9,12-17,20-21,38H2,1-2H3/t25-,26+/m0/s1. The Balaban J connectivity index is 1.73. The third kappa shape index (κ3) is 11.2. The van der Waals surface area contributed by atoms with Crippen molar-refractivity contribution in [2.45, 2.75) is 87.7 Å². The van der Waals surface area contributed by atoms with Gasteiger partial charge < -0.3 is 0 Å². The van der Waals surface area contributed by atoms with Gasteiger partial charge in [-0.2, -0.15) is 0 Å². The summed E-state index contributed by atoms with van der Waals surface area (Å²) in [7, 11) is 0. The molecule has 0 aromatic heterocycles. The number of nitrogens with two attached hydrogens (primary N) is 1. The molecule has 2 aromatic rings. The number of piperazine rings is 1. The predicted molar refractivity (Wildman–Crippen MR) is 180 cm³/mol. The third-order valence-corrected chi connectivity index (χ3v) is 12.1. The summed E-state index contributed by atoms with van der Waals surface area (Å²) in [6, 6.07) is 11.1. The molecule has 1 aliphatic heterocycles. The molecule has 3 rings (SSSR count). The number of carbonyl (C=O) groups is 2. The molecule has 5 nitrogen and oxygen atoms in total. The molecule has 1 unspecified atom stereocenters. The Labute approximate surface area is 278 Å². The Morgan fingerprint density at radius 2 is 1.33 bits per heavy atom. The topological polar surface area (TPSA) is 66.6 Å². The average Bonchev–Trinajstić information content (AvgIpc) is 2.95. The number of benzene rings is 2. The normalized spacial score (nSPS) is 17.5. The second-order valence-corrected chi connectivity index (χ2v) is 16.3.